The minimum absolute atomic E-state index is 0.0165. The highest BCUT2D eigenvalue weighted by Gasteiger charge is 2.39. The van der Waals surface area contributed by atoms with E-state index < -0.39 is 0 Å². The average Bonchev–Trinajstić information content (AvgIpc) is 3.34. The summed E-state index contributed by atoms with van der Waals surface area (Å²) in [4.78, 5) is 12.3. The molecule has 1 fully saturated rings. The number of fused-ring (bicyclic) bond motifs is 1. The molecule has 1 aromatic heterocycles. The highest BCUT2D eigenvalue weighted by molar-refractivity contribution is 6.34. The Bertz CT molecular complexity index is 924. The zero-order chi connectivity index (χ0) is 16.7. The van der Waals surface area contributed by atoms with E-state index in [1.807, 2.05) is 37.3 Å². The molecule has 5 heteroatoms. The van der Waals surface area contributed by atoms with E-state index in [0.717, 1.165) is 22.8 Å². The third-order valence-corrected chi connectivity index (χ3v) is 4.77. The van der Waals surface area contributed by atoms with E-state index in [-0.39, 0.29) is 11.9 Å². The van der Waals surface area contributed by atoms with Crippen molar-refractivity contribution in [1.29, 1.82) is 0 Å². The minimum atomic E-state index is -0.0165. The predicted octanol–water partition coefficient (Wildman–Crippen LogP) is 3.88. The van der Waals surface area contributed by atoms with Gasteiger partial charge in [0.05, 0.1) is 6.20 Å². The first-order valence-electron chi connectivity index (χ1n) is 7.90. The first-order chi connectivity index (χ1) is 11.6. The first kappa shape index (κ1) is 15.1. The van der Waals surface area contributed by atoms with E-state index >= 15 is 0 Å². The zero-order valence-corrected chi connectivity index (χ0v) is 13.9. The van der Waals surface area contributed by atoms with Gasteiger partial charge in [-0.2, -0.15) is 5.10 Å². The maximum absolute atomic E-state index is 12.3. The molecule has 2 aromatic carbocycles. The molecular formula is C19H16ClN3O. The largest absolute Gasteiger partial charge is 0.349 e. The van der Waals surface area contributed by atoms with Crippen LogP contribution in [0.5, 0.6) is 0 Å². The molecule has 0 bridgehead atoms. The lowest BCUT2D eigenvalue weighted by Gasteiger charge is -2.06. The van der Waals surface area contributed by atoms with E-state index in [1.54, 1.807) is 6.20 Å². The van der Waals surface area contributed by atoms with Crippen molar-refractivity contribution in [3.8, 4) is 0 Å². The monoisotopic (exact) mass is 337 g/mol. The van der Waals surface area contributed by atoms with Crippen LogP contribution in [0.25, 0.3) is 10.8 Å². The lowest BCUT2D eigenvalue weighted by atomic mass is 10.1. The van der Waals surface area contributed by atoms with Gasteiger partial charge in [0.15, 0.2) is 5.15 Å². The number of rotatable bonds is 3. The summed E-state index contributed by atoms with van der Waals surface area (Å²) < 4.78 is 0. The van der Waals surface area contributed by atoms with Crippen molar-refractivity contribution in [3.63, 3.8) is 0 Å². The van der Waals surface area contributed by atoms with Gasteiger partial charge in [-0.15, -0.1) is 5.10 Å². The van der Waals surface area contributed by atoms with Crippen LogP contribution in [0.1, 0.15) is 33.8 Å². The Morgan fingerprint density at radius 3 is 2.79 bits per heavy atom. The lowest BCUT2D eigenvalue weighted by Crippen LogP contribution is -2.26. The molecule has 0 spiro atoms. The van der Waals surface area contributed by atoms with Crippen LogP contribution < -0.4 is 5.32 Å². The van der Waals surface area contributed by atoms with Gasteiger partial charge in [-0.3, -0.25) is 4.79 Å². The maximum atomic E-state index is 12.3. The Morgan fingerprint density at radius 2 is 2.00 bits per heavy atom. The number of carbonyl (C=O) groups is 1. The van der Waals surface area contributed by atoms with Crippen LogP contribution in [0.15, 0.2) is 48.7 Å². The molecule has 0 aliphatic heterocycles. The summed E-state index contributed by atoms with van der Waals surface area (Å²) in [5.41, 5.74) is 3.04. The number of nitrogens with one attached hydrogen (secondary N) is 1. The molecule has 1 saturated carbocycles. The second-order valence-corrected chi connectivity index (χ2v) is 6.63. The summed E-state index contributed by atoms with van der Waals surface area (Å²) in [5.74, 6) is 0.327. The van der Waals surface area contributed by atoms with E-state index in [1.165, 1.54) is 5.56 Å². The number of aromatic nitrogens is 2. The molecular weight excluding hydrogens is 322 g/mol. The van der Waals surface area contributed by atoms with Crippen LogP contribution in [0.2, 0.25) is 5.15 Å². The van der Waals surface area contributed by atoms with Gasteiger partial charge in [-0.1, -0.05) is 41.4 Å². The van der Waals surface area contributed by atoms with Crippen molar-refractivity contribution in [2.45, 2.75) is 25.3 Å². The van der Waals surface area contributed by atoms with Gasteiger partial charge >= 0.3 is 0 Å². The third-order valence-electron chi connectivity index (χ3n) is 4.49. The van der Waals surface area contributed by atoms with Crippen LogP contribution in [-0.4, -0.2) is 22.1 Å². The quantitative estimate of drug-likeness (QED) is 0.789. The number of nitrogens with zero attached hydrogens (tertiary/aromatic N) is 2. The molecule has 4 nitrogen and oxygen atoms in total. The van der Waals surface area contributed by atoms with Crippen molar-refractivity contribution >= 4 is 28.3 Å². The molecule has 1 amide bonds. The topological polar surface area (TPSA) is 54.9 Å². The Morgan fingerprint density at radius 1 is 1.21 bits per heavy atom. The van der Waals surface area contributed by atoms with Gasteiger partial charge in [0.2, 0.25) is 0 Å². The van der Waals surface area contributed by atoms with E-state index in [9.17, 15) is 4.79 Å². The van der Waals surface area contributed by atoms with Crippen LogP contribution in [0, 0.1) is 6.92 Å². The van der Waals surface area contributed by atoms with Gasteiger partial charge in [0, 0.05) is 28.3 Å². The Hall–Kier alpha value is -2.46. The molecule has 4 rings (SSSR count). The second-order valence-electron chi connectivity index (χ2n) is 6.27. The Labute approximate surface area is 144 Å². The lowest BCUT2D eigenvalue weighted by molar-refractivity contribution is 0.0950. The number of carbonyl (C=O) groups excluding carboxylic acids is 1. The summed E-state index contributed by atoms with van der Waals surface area (Å²) in [7, 11) is 0. The standard InChI is InChI=1S/C19H16ClN3O/c1-11-2-4-12(5-3-11)19(24)22-17-9-16(17)13-6-7-15-14(8-13)10-21-23-18(15)20/h2-8,10,16-17H,9H2,1H3,(H,22,24). The number of amides is 1. The number of hydrogen-bond acceptors (Lipinski definition) is 3. The summed E-state index contributed by atoms with van der Waals surface area (Å²) in [6.45, 7) is 2.01. The third kappa shape index (κ3) is 2.85. The van der Waals surface area contributed by atoms with E-state index in [4.69, 9.17) is 11.6 Å². The summed E-state index contributed by atoms with van der Waals surface area (Å²) in [6.07, 6.45) is 2.67. The molecule has 1 N–H and O–H groups in total. The predicted molar refractivity (Wildman–Crippen MR) is 94.3 cm³/mol. The van der Waals surface area contributed by atoms with Gasteiger partial charge in [-0.25, -0.2) is 0 Å². The SMILES string of the molecule is Cc1ccc(C(=O)NC2CC2c2ccc3c(Cl)nncc3c2)cc1. The van der Waals surface area contributed by atoms with Crippen molar-refractivity contribution in [2.75, 3.05) is 0 Å². The van der Waals surface area contributed by atoms with Crippen LogP contribution >= 0.6 is 11.6 Å². The summed E-state index contributed by atoms with van der Waals surface area (Å²) >= 11 is 6.05. The molecule has 24 heavy (non-hydrogen) atoms. The van der Waals surface area contributed by atoms with Gasteiger partial charge in [0.1, 0.15) is 0 Å². The zero-order valence-electron chi connectivity index (χ0n) is 13.2. The van der Waals surface area contributed by atoms with E-state index in [0.29, 0.717) is 16.6 Å². The molecule has 2 unspecified atom stereocenters. The van der Waals surface area contributed by atoms with Crippen molar-refractivity contribution in [2.24, 2.45) is 0 Å². The smallest absolute Gasteiger partial charge is 0.251 e. The van der Waals surface area contributed by atoms with Gasteiger partial charge < -0.3 is 5.32 Å². The van der Waals surface area contributed by atoms with Gasteiger partial charge in [-0.05, 0) is 37.1 Å². The van der Waals surface area contributed by atoms with Crippen molar-refractivity contribution < 1.29 is 4.79 Å². The number of aryl methyl sites for hydroxylation is 1. The fraction of sp³-hybridized carbons (Fsp3) is 0.211. The number of halogens is 1. The Kier molecular flexibility index (Phi) is 3.69. The van der Waals surface area contributed by atoms with Gasteiger partial charge in [0.25, 0.3) is 5.91 Å². The second kappa shape index (κ2) is 5.87. The van der Waals surface area contributed by atoms with Crippen LogP contribution in [0.3, 0.4) is 0 Å². The van der Waals surface area contributed by atoms with Crippen molar-refractivity contribution in [1.82, 2.24) is 15.5 Å². The molecule has 2 atom stereocenters. The molecule has 3 aromatic rings. The maximum Gasteiger partial charge on any atom is 0.251 e. The molecule has 120 valence electrons. The minimum Gasteiger partial charge on any atom is -0.349 e. The fourth-order valence-electron chi connectivity index (χ4n) is 2.98. The highest BCUT2D eigenvalue weighted by atomic mass is 35.5. The molecule has 0 radical (unpaired) electrons. The first-order valence-corrected chi connectivity index (χ1v) is 8.28. The fourth-order valence-corrected chi connectivity index (χ4v) is 3.20. The molecule has 1 aliphatic carbocycles. The van der Waals surface area contributed by atoms with Crippen molar-refractivity contribution in [3.05, 3.63) is 70.5 Å². The van der Waals surface area contributed by atoms with Crippen LogP contribution in [-0.2, 0) is 0 Å². The molecule has 1 aliphatic rings. The Balaban J connectivity index is 1.48. The number of hydrogen-bond donors (Lipinski definition) is 1. The number of benzene rings is 2. The van der Waals surface area contributed by atoms with E-state index in [2.05, 4.69) is 27.6 Å². The summed E-state index contributed by atoms with van der Waals surface area (Å²) in [6, 6.07) is 13.9. The molecule has 0 saturated heterocycles. The highest BCUT2D eigenvalue weighted by Crippen LogP contribution is 2.42. The van der Waals surface area contributed by atoms with Crippen LogP contribution in [0.4, 0.5) is 0 Å². The normalized spacial score (nSPS) is 19.2. The summed E-state index contributed by atoms with van der Waals surface area (Å²) in [5, 5.41) is 13.1. The average molecular weight is 338 g/mol. The molecule has 1 heterocycles.